The van der Waals surface area contributed by atoms with Gasteiger partial charge in [-0.25, -0.2) is 14.4 Å². The van der Waals surface area contributed by atoms with Gasteiger partial charge in [-0.05, 0) is 30.7 Å². The molecule has 0 saturated carbocycles. The molecule has 0 unspecified atom stereocenters. The van der Waals surface area contributed by atoms with Gasteiger partial charge in [-0.15, -0.1) is 0 Å². The van der Waals surface area contributed by atoms with E-state index in [1.54, 1.807) is 13.0 Å². The number of nitrogens with zero attached hydrogens (tertiary/aromatic N) is 2. The maximum Gasteiger partial charge on any atom is 0.275 e. The number of amides is 1. The molecule has 0 spiro atoms. The second kappa shape index (κ2) is 5.75. The number of aryl methyl sites for hydroxylation is 1. The SMILES string of the molecule is CCc1nc(NC(=O)c2ccc(Cl)cn2)ccc1F. The van der Waals surface area contributed by atoms with Gasteiger partial charge in [0.1, 0.15) is 17.3 Å². The van der Waals surface area contributed by atoms with Crippen LogP contribution >= 0.6 is 11.6 Å². The van der Waals surface area contributed by atoms with Crippen molar-refractivity contribution < 1.29 is 9.18 Å². The molecular formula is C13H11ClFN3O. The highest BCUT2D eigenvalue weighted by Gasteiger charge is 2.10. The van der Waals surface area contributed by atoms with Crippen molar-refractivity contribution in [1.29, 1.82) is 0 Å². The van der Waals surface area contributed by atoms with Crippen molar-refractivity contribution in [2.45, 2.75) is 13.3 Å². The van der Waals surface area contributed by atoms with E-state index in [1.807, 2.05) is 0 Å². The summed E-state index contributed by atoms with van der Waals surface area (Å²) in [5.41, 5.74) is 0.524. The van der Waals surface area contributed by atoms with E-state index in [4.69, 9.17) is 11.6 Å². The molecule has 6 heteroatoms. The molecule has 0 saturated heterocycles. The number of hydrogen-bond acceptors (Lipinski definition) is 3. The molecule has 19 heavy (non-hydrogen) atoms. The lowest BCUT2D eigenvalue weighted by atomic mass is 10.2. The number of hydrogen-bond donors (Lipinski definition) is 1. The number of nitrogens with one attached hydrogen (secondary N) is 1. The molecule has 2 aromatic heterocycles. The van der Waals surface area contributed by atoms with Crippen LogP contribution in [0.15, 0.2) is 30.5 Å². The number of aromatic nitrogens is 2. The number of carbonyl (C=O) groups is 1. The van der Waals surface area contributed by atoms with Gasteiger partial charge >= 0.3 is 0 Å². The number of carbonyl (C=O) groups excluding carboxylic acids is 1. The Kier molecular flexibility index (Phi) is 4.06. The van der Waals surface area contributed by atoms with Crippen LogP contribution in [0.1, 0.15) is 23.1 Å². The van der Waals surface area contributed by atoms with Crippen LogP contribution in [0.4, 0.5) is 10.2 Å². The molecular weight excluding hydrogens is 269 g/mol. The van der Waals surface area contributed by atoms with Gasteiger partial charge in [-0.2, -0.15) is 0 Å². The first-order chi connectivity index (χ1) is 9.10. The van der Waals surface area contributed by atoms with Gasteiger partial charge in [0, 0.05) is 6.20 Å². The van der Waals surface area contributed by atoms with Crippen LogP contribution in [0, 0.1) is 5.82 Å². The Morgan fingerprint density at radius 1 is 1.37 bits per heavy atom. The van der Waals surface area contributed by atoms with Gasteiger partial charge in [-0.3, -0.25) is 4.79 Å². The topological polar surface area (TPSA) is 54.9 Å². The summed E-state index contributed by atoms with van der Waals surface area (Å²) in [7, 11) is 0. The number of halogens is 2. The van der Waals surface area contributed by atoms with E-state index in [2.05, 4.69) is 15.3 Å². The summed E-state index contributed by atoms with van der Waals surface area (Å²) in [5, 5.41) is 3.01. The van der Waals surface area contributed by atoms with Crippen molar-refractivity contribution in [1.82, 2.24) is 9.97 Å². The van der Waals surface area contributed by atoms with E-state index in [-0.39, 0.29) is 11.5 Å². The van der Waals surface area contributed by atoms with E-state index in [0.717, 1.165) is 0 Å². The third-order valence-corrected chi connectivity index (χ3v) is 2.68. The summed E-state index contributed by atoms with van der Waals surface area (Å²) in [6, 6.07) is 5.75. The largest absolute Gasteiger partial charge is 0.305 e. The van der Waals surface area contributed by atoms with Crippen LogP contribution < -0.4 is 5.32 Å². The van der Waals surface area contributed by atoms with Crippen molar-refractivity contribution in [3.8, 4) is 0 Å². The predicted octanol–water partition coefficient (Wildman–Crippen LogP) is 3.08. The summed E-state index contributed by atoms with van der Waals surface area (Å²) in [4.78, 5) is 19.8. The van der Waals surface area contributed by atoms with Crippen molar-refractivity contribution in [3.05, 3.63) is 52.7 Å². The minimum Gasteiger partial charge on any atom is -0.305 e. The van der Waals surface area contributed by atoms with E-state index < -0.39 is 5.91 Å². The standard InChI is InChI=1S/C13H11ClFN3O/c1-2-10-9(15)4-6-12(17-10)18-13(19)11-5-3-8(14)7-16-11/h3-7H,2H2,1H3,(H,17,18,19). The Labute approximate surface area is 114 Å². The molecule has 1 N–H and O–H groups in total. The summed E-state index contributed by atoms with van der Waals surface area (Å²) >= 11 is 5.69. The highest BCUT2D eigenvalue weighted by atomic mass is 35.5. The molecule has 0 radical (unpaired) electrons. The Morgan fingerprint density at radius 3 is 2.79 bits per heavy atom. The van der Waals surface area contributed by atoms with Gasteiger partial charge in [0.2, 0.25) is 0 Å². The molecule has 0 atom stereocenters. The normalized spacial score (nSPS) is 10.3. The first kappa shape index (κ1) is 13.4. The average Bonchev–Trinajstić information content (AvgIpc) is 2.41. The predicted molar refractivity (Wildman–Crippen MR) is 70.8 cm³/mol. The van der Waals surface area contributed by atoms with Crippen LogP contribution in [-0.2, 0) is 6.42 Å². The van der Waals surface area contributed by atoms with E-state index in [9.17, 15) is 9.18 Å². The van der Waals surface area contributed by atoms with Crippen LogP contribution in [-0.4, -0.2) is 15.9 Å². The molecule has 98 valence electrons. The summed E-state index contributed by atoms with van der Waals surface area (Å²) < 4.78 is 13.3. The first-order valence-electron chi connectivity index (χ1n) is 5.68. The molecule has 0 bridgehead atoms. The van der Waals surface area contributed by atoms with E-state index in [1.165, 1.54) is 24.4 Å². The van der Waals surface area contributed by atoms with Gasteiger partial charge in [-0.1, -0.05) is 18.5 Å². The average molecular weight is 280 g/mol. The molecule has 1 amide bonds. The molecule has 2 rings (SSSR count). The van der Waals surface area contributed by atoms with Gasteiger partial charge in [0.15, 0.2) is 0 Å². The highest BCUT2D eigenvalue weighted by molar-refractivity contribution is 6.30. The summed E-state index contributed by atoms with van der Waals surface area (Å²) in [6.45, 7) is 1.79. The molecule has 2 heterocycles. The van der Waals surface area contributed by atoms with Crippen LogP contribution in [0.2, 0.25) is 5.02 Å². The van der Waals surface area contributed by atoms with Crippen LogP contribution in [0.25, 0.3) is 0 Å². The quantitative estimate of drug-likeness (QED) is 0.939. The third kappa shape index (κ3) is 3.26. The summed E-state index contributed by atoms with van der Waals surface area (Å²) in [5.74, 6) is -0.511. The fourth-order valence-corrected chi connectivity index (χ4v) is 1.60. The zero-order valence-corrected chi connectivity index (χ0v) is 10.9. The summed E-state index contributed by atoms with van der Waals surface area (Å²) in [6.07, 6.45) is 1.83. The zero-order valence-electron chi connectivity index (χ0n) is 10.2. The van der Waals surface area contributed by atoms with Crippen LogP contribution in [0.3, 0.4) is 0 Å². The van der Waals surface area contributed by atoms with Crippen molar-refractivity contribution >= 4 is 23.3 Å². The maximum atomic E-state index is 13.3. The molecule has 0 fully saturated rings. The van der Waals surface area contributed by atoms with Gasteiger partial charge in [0.25, 0.3) is 5.91 Å². The van der Waals surface area contributed by atoms with Gasteiger partial charge in [0.05, 0.1) is 10.7 Å². The lowest BCUT2D eigenvalue weighted by molar-refractivity contribution is 0.102. The van der Waals surface area contributed by atoms with Crippen molar-refractivity contribution in [2.24, 2.45) is 0 Å². The molecule has 0 aliphatic carbocycles. The Hall–Kier alpha value is -2.01. The second-order valence-corrected chi connectivity index (χ2v) is 4.23. The maximum absolute atomic E-state index is 13.3. The minimum atomic E-state index is -0.419. The fraction of sp³-hybridized carbons (Fsp3) is 0.154. The zero-order chi connectivity index (χ0) is 13.8. The van der Waals surface area contributed by atoms with E-state index >= 15 is 0 Å². The second-order valence-electron chi connectivity index (χ2n) is 3.79. The number of anilines is 1. The van der Waals surface area contributed by atoms with Crippen LogP contribution in [0.5, 0.6) is 0 Å². The van der Waals surface area contributed by atoms with Gasteiger partial charge < -0.3 is 5.32 Å². The third-order valence-electron chi connectivity index (χ3n) is 2.46. The monoisotopic (exact) mass is 279 g/mol. The fourth-order valence-electron chi connectivity index (χ4n) is 1.49. The first-order valence-corrected chi connectivity index (χ1v) is 6.06. The molecule has 2 aromatic rings. The number of rotatable bonds is 3. The molecule has 4 nitrogen and oxygen atoms in total. The van der Waals surface area contributed by atoms with E-state index in [0.29, 0.717) is 23.0 Å². The Bertz CT molecular complexity index is 601. The van der Waals surface area contributed by atoms with Crippen molar-refractivity contribution in [3.63, 3.8) is 0 Å². The number of pyridine rings is 2. The minimum absolute atomic E-state index is 0.216. The molecule has 0 aromatic carbocycles. The molecule has 0 aliphatic rings. The lowest BCUT2D eigenvalue weighted by Crippen LogP contribution is -2.15. The smallest absolute Gasteiger partial charge is 0.275 e. The van der Waals surface area contributed by atoms with Crippen molar-refractivity contribution in [2.75, 3.05) is 5.32 Å². The molecule has 0 aliphatic heterocycles. The Morgan fingerprint density at radius 2 is 2.16 bits per heavy atom. The lowest BCUT2D eigenvalue weighted by Gasteiger charge is -2.06. The highest BCUT2D eigenvalue weighted by Crippen LogP contribution is 2.12. The Balaban J connectivity index is 2.17.